The summed E-state index contributed by atoms with van der Waals surface area (Å²) in [4.78, 5) is 29.7. The van der Waals surface area contributed by atoms with Crippen LogP contribution in [-0.2, 0) is 22.6 Å². The third kappa shape index (κ3) is 5.74. The first-order valence-corrected chi connectivity index (χ1v) is 11.8. The number of carbonyl (C=O) groups is 2. The van der Waals surface area contributed by atoms with Crippen molar-refractivity contribution >= 4 is 28.8 Å². The molecular formula is C27H26N2O4S. The molecule has 0 saturated heterocycles. The summed E-state index contributed by atoms with van der Waals surface area (Å²) in [5, 5.41) is 4.90. The Morgan fingerprint density at radius 3 is 2.41 bits per heavy atom. The fourth-order valence-electron chi connectivity index (χ4n) is 3.66. The summed E-state index contributed by atoms with van der Waals surface area (Å²) in [7, 11) is 1.59. The van der Waals surface area contributed by atoms with E-state index in [0.717, 1.165) is 16.0 Å². The van der Waals surface area contributed by atoms with E-state index in [1.54, 1.807) is 54.7 Å². The third-order valence-electron chi connectivity index (χ3n) is 5.44. The van der Waals surface area contributed by atoms with E-state index < -0.39 is 6.04 Å². The Morgan fingerprint density at radius 1 is 1.03 bits per heavy atom. The number of furan rings is 1. The van der Waals surface area contributed by atoms with Crippen LogP contribution in [0.3, 0.4) is 0 Å². The van der Waals surface area contributed by atoms with E-state index >= 15 is 0 Å². The van der Waals surface area contributed by atoms with Crippen LogP contribution in [0.2, 0.25) is 0 Å². The molecule has 7 heteroatoms. The monoisotopic (exact) mass is 474 g/mol. The van der Waals surface area contributed by atoms with Gasteiger partial charge in [-0.25, -0.2) is 0 Å². The average Bonchev–Trinajstić information content (AvgIpc) is 3.55. The highest BCUT2D eigenvalue weighted by molar-refractivity contribution is 7.10. The molecule has 0 aliphatic carbocycles. The first kappa shape index (κ1) is 23.3. The van der Waals surface area contributed by atoms with Crippen molar-refractivity contribution in [2.75, 3.05) is 12.4 Å². The molecule has 4 aromatic rings. The SMILES string of the molecule is COc1ccc(NC(=O)C(c2ccc(C)cc2)N(Cc2ccco2)C(=O)Cc2cccs2)cc1. The first-order chi connectivity index (χ1) is 16.5. The number of anilines is 1. The minimum atomic E-state index is -0.847. The van der Waals surface area contributed by atoms with E-state index in [0.29, 0.717) is 17.2 Å². The number of rotatable bonds is 9. The summed E-state index contributed by atoms with van der Waals surface area (Å²) in [6, 6.07) is 21.3. The van der Waals surface area contributed by atoms with Crippen molar-refractivity contribution < 1.29 is 18.7 Å². The zero-order valence-corrected chi connectivity index (χ0v) is 19.9. The largest absolute Gasteiger partial charge is 0.497 e. The van der Waals surface area contributed by atoms with Crippen molar-refractivity contribution in [2.24, 2.45) is 0 Å². The van der Waals surface area contributed by atoms with Crippen LogP contribution < -0.4 is 10.1 Å². The number of nitrogens with zero attached hydrogens (tertiary/aromatic N) is 1. The summed E-state index contributed by atoms with van der Waals surface area (Å²) in [5.41, 5.74) is 2.41. The number of ether oxygens (including phenoxy) is 1. The zero-order chi connectivity index (χ0) is 23.9. The maximum atomic E-state index is 13.7. The van der Waals surface area contributed by atoms with Crippen molar-refractivity contribution in [2.45, 2.75) is 25.9 Å². The van der Waals surface area contributed by atoms with Crippen molar-refractivity contribution in [3.8, 4) is 5.75 Å². The fraction of sp³-hybridized carbons (Fsp3) is 0.185. The highest BCUT2D eigenvalue weighted by Crippen LogP contribution is 2.28. The molecule has 0 saturated carbocycles. The number of aryl methyl sites for hydroxylation is 1. The molecule has 2 amide bonds. The van der Waals surface area contributed by atoms with Gasteiger partial charge >= 0.3 is 0 Å². The molecule has 0 bridgehead atoms. The van der Waals surface area contributed by atoms with Gasteiger partial charge in [-0.3, -0.25) is 9.59 Å². The summed E-state index contributed by atoms with van der Waals surface area (Å²) >= 11 is 1.52. The molecule has 0 radical (unpaired) electrons. The summed E-state index contributed by atoms with van der Waals surface area (Å²) in [5.74, 6) is 0.835. The number of hydrogen-bond donors (Lipinski definition) is 1. The van der Waals surface area contributed by atoms with Crippen molar-refractivity contribution in [1.29, 1.82) is 0 Å². The lowest BCUT2D eigenvalue weighted by molar-refractivity contribution is -0.139. The second-order valence-electron chi connectivity index (χ2n) is 7.89. The number of thiophene rings is 1. The van der Waals surface area contributed by atoms with Gasteiger partial charge in [-0.15, -0.1) is 11.3 Å². The van der Waals surface area contributed by atoms with E-state index in [2.05, 4.69) is 5.32 Å². The predicted molar refractivity (Wildman–Crippen MR) is 133 cm³/mol. The molecule has 0 aliphatic rings. The quantitative estimate of drug-likeness (QED) is 0.342. The Balaban J connectivity index is 1.69. The standard InChI is InChI=1S/C27H26N2O4S/c1-19-7-9-20(10-8-19)26(27(31)28-21-11-13-22(32-2)14-12-21)29(18-23-5-3-15-33-23)25(30)17-24-6-4-16-34-24/h3-16,26H,17-18H2,1-2H3,(H,28,31). The minimum absolute atomic E-state index is 0.158. The van der Waals surface area contributed by atoms with Gasteiger partial charge in [0.2, 0.25) is 5.91 Å². The molecule has 2 aromatic carbocycles. The van der Waals surface area contributed by atoms with Crippen LogP contribution in [0.1, 0.15) is 27.8 Å². The van der Waals surface area contributed by atoms with Gasteiger partial charge in [-0.1, -0.05) is 35.9 Å². The van der Waals surface area contributed by atoms with Crippen LogP contribution in [0.5, 0.6) is 5.75 Å². The minimum Gasteiger partial charge on any atom is -0.497 e. The molecule has 2 aromatic heterocycles. The molecule has 174 valence electrons. The number of methoxy groups -OCH3 is 1. The summed E-state index contributed by atoms with van der Waals surface area (Å²) < 4.78 is 10.7. The zero-order valence-electron chi connectivity index (χ0n) is 19.1. The Kier molecular flexibility index (Phi) is 7.44. The maximum absolute atomic E-state index is 13.7. The number of benzene rings is 2. The van der Waals surface area contributed by atoms with Gasteiger partial charge in [0.15, 0.2) is 0 Å². The van der Waals surface area contributed by atoms with E-state index in [-0.39, 0.29) is 24.8 Å². The Morgan fingerprint density at radius 2 is 1.79 bits per heavy atom. The molecule has 0 fully saturated rings. The van der Waals surface area contributed by atoms with Crippen LogP contribution in [0, 0.1) is 6.92 Å². The van der Waals surface area contributed by atoms with Gasteiger partial charge in [-0.2, -0.15) is 0 Å². The van der Waals surface area contributed by atoms with Gasteiger partial charge in [-0.05, 0) is 60.3 Å². The molecular weight excluding hydrogens is 448 g/mol. The van der Waals surface area contributed by atoms with Crippen LogP contribution in [0.4, 0.5) is 5.69 Å². The summed E-state index contributed by atoms with van der Waals surface area (Å²) in [6.45, 7) is 2.16. The molecule has 34 heavy (non-hydrogen) atoms. The van der Waals surface area contributed by atoms with Crippen LogP contribution in [-0.4, -0.2) is 23.8 Å². The van der Waals surface area contributed by atoms with Crippen molar-refractivity contribution in [3.05, 3.63) is 106 Å². The third-order valence-corrected chi connectivity index (χ3v) is 6.32. The molecule has 1 atom stereocenters. The Bertz CT molecular complexity index is 1200. The number of hydrogen-bond acceptors (Lipinski definition) is 5. The van der Waals surface area contributed by atoms with Crippen LogP contribution >= 0.6 is 11.3 Å². The lowest BCUT2D eigenvalue weighted by atomic mass is 10.0. The Hall–Kier alpha value is -3.84. The number of amides is 2. The second-order valence-corrected chi connectivity index (χ2v) is 8.92. The van der Waals surface area contributed by atoms with Crippen LogP contribution in [0.15, 0.2) is 88.9 Å². The highest BCUT2D eigenvalue weighted by atomic mass is 32.1. The topological polar surface area (TPSA) is 71.8 Å². The number of carbonyl (C=O) groups excluding carboxylic acids is 2. The molecule has 6 nitrogen and oxygen atoms in total. The molecule has 0 aliphatic heterocycles. The van der Waals surface area contributed by atoms with E-state index in [1.807, 2.05) is 48.7 Å². The van der Waals surface area contributed by atoms with Crippen molar-refractivity contribution in [1.82, 2.24) is 4.90 Å². The molecule has 1 unspecified atom stereocenters. The maximum Gasteiger partial charge on any atom is 0.251 e. The normalized spacial score (nSPS) is 11.6. The van der Waals surface area contributed by atoms with Gasteiger partial charge in [0, 0.05) is 10.6 Å². The van der Waals surface area contributed by atoms with Gasteiger partial charge in [0.1, 0.15) is 17.6 Å². The molecule has 1 N–H and O–H groups in total. The number of nitrogens with one attached hydrogen (secondary N) is 1. The van der Waals surface area contributed by atoms with Gasteiger partial charge in [0.05, 0.1) is 26.3 Å². The lowest BCUT2D eigenvalue weighted by Crippen LogP contribution is -2.41. The predicted octanol–water partition coefficient (Wildman–Crippen LogP) is 5.61. The van der Waals surface area contributed by atoms with Crippen molar-refractivity contribution in [3.63, 3.8) is 0 Å². The smallest absolute Gasteiger partial charge is 0.251 e. The molecule has 4 rings (SSSR count). The highest BCUT2D eigenvalue weighted by Gasteiger charge is 2.32. The fourth-order valence-corrected chi connectivity index (χ4v) is 4.36. The first-order valence-electron chi connectivity index (χ1n) is 10.9. The van der Waals surface area contributed by atoms with Gasteiger partial charge in [0.25, 0.3) is 5.91 Å². The average molecular weight is 475 g/mol. The van der Waals surface area contributed by atoms with E-state index in [4.69, 9.17) is 9.15 Å². The van der Waals surface area contributed by atoms with Crippen LogP contribution in [0.25, 0.3) is 0 Å². The second kappa shape index (κ2) is 10.9. The molecule has 2 heterocycles. The molecule has 0 spiro atoms. The van der Waals surface area contributed by atoms with Gasteiger partial charge < -0.3 is 19.4 Å². The lowest BCUT2D eigenvalue weighted by Gasteiger charge is -2.31. The summed E-state index contributed by atoms with van der Waals surface area (Å²) in [6.07, 6.45) is 1.77. The van der Waals surface area contributed by atoms with E-state index in [1.165, 1.54) is 11.3 Å². The Labute approximate surface area is 202 Å². The van der Waals surface area contributed by atoms with E-state index in [9.17, 15) is 9.59 Å².